The third-order valence-electron chi connectivity index (χ3n) is 0.965. The highest BCUT2D eigenvalue weighted by molar-refractivity contribution is 7.83. The molecule has 1 aromatic carbocycles. The first kappa shape index (κ1) is 7.32. The third kappa shape index (κ3) is 1.57. The summed E-state index contributed by atoms with van der Waals surface area (Å²) in [4.78, 5) is 1.55. The molecule has 0 amide bonds. The summed E-state index contributed by atoms with van der Waals surface area (Å²) in [5, 5.41) is 0.644. The van der Waals surface area contributed by atoms with Gasteiger partial charge in [0.1, 0.15) is 0 Å². The van der Waals surface area contributed by atoms with Gasteiger partial charge in [0.05, 0.1) is 5.02 Å². The lowest BCUT2D eigenvalue weighted by Crippen LogP contribution is -1.70. The van der Waals surface area contributed by atoms with Gasteiger partial charge in [-0.3, -0.25) is 0 Å². The van der Waals surface area contributed by atoms with Crippen LogP contribution in [0.25, 0.3) is 0 Å². The van der Waals surface area contributed by atoms with Gasteiger partial charge in [0.15, 0.2) is 0 Å². The molecule has 0 atom stereocenters. The number of rotatable bonds is 0. The van der Waals surface area contributed by atoms with Crippen molar-refractivity contribution in [2.24, 2.45) is 0 Å². The van der Waals surface area contributed by atoms with E-state index in [4.69, 9.17) is 11.6 Å². The fraction of sp³-hybridized carbons (Fsp3) is 0. The standard InChI is InChI=1S/C6H5ClS2/c7-4-2-1-3-5(8)6(4)9/h1-3,8-9H. The summed E-state index contributed by atoms with van der Waals surface area (Å²) in [6.45, 7) is 0. The Kier molecular flexibility index (Phi) is 2.33. The second-order valence-corrected chi connectivity index (χ2v) is 2.94. The minimum absolute atomic E-state index is 0.644. The number of hydrogen-bond acceptors (Lipinski definition) is 2. The largest absolute Gasteiger partial charge is 0.142 e. The van der Waals surface area contributed by atoms with Crippen molar-refractivity contribution in [3.05, 3.63) is 23.2 Å². The second-order valence-electron chi connectivity index (χ2n) is 1.61. The van der Waals surface area contributed by atoms with Crippen molar-refractivity contribution in [3.63, 3.8) is 0 Å². The Morgan fingerprint density at radius 2 is 1.89 bits per heavy atom. The number of thiol groups is 2. The van der Waals surface area contributed by atoms with Crippen LogP contribution in [-0.2, 0) is 0 Å². The first-order valence-corrected chi connectivity index (χ1v) is 3.65. The highest BCUT2D eigenvalue weighted by atomic mass is 35.5. The molecule has 9 heavy (non-hydrogen) atoms. The molecular weight excluding hydrogens is 172 g/mol. The summed E-state index contributed by atoms with van der Waals surface area (Å²) in [6, 6.07) is 5.46. The lowest BCUT2D eigenvalue weighted by atomic mass is 10.4. The summed E-state index contributed by atoms with van der Waals surface area (Å²) in [5.74, 6) is 0. The Hall–Kier alpha value is 0.210. The summed E-state index contributed by atoms with van der Waals surface area (Å²) in [5.41, 5.74) is 0. The molecular formula is C6H5ClS2. The number of halogens is 1. The maximum Gasteiger partial charge on any atom is 0.0550 e. The van der Waals surface area contributed by atoms with Gasteiger partial charge in [0, 0.05) is 9.79 Å². The molecule has 0 fully saturated rings. The Balaban J connectivity index is 3.25. The first-order chi connectivity index (χ1) is 4.22. The van der Waals surface area contributed by atoms with Crippen LogP contribution in [0.2, 0.25) is 5.02 Å². The van der Waals surface area contributed by atoms with Gasteiger partial charge < -0.3 is 0 Å². The van der Waals surface area contributed by atoms with Gasteiger partial charge in [0.2, 0.25) is 0 Å². The molecule has 0 nitrogen and oxygen atoms in total. The van der Waals surface area contributed by atoms with E-state index in [1.165, 1.54) is 0 Å². The van der Waals surface area contributed by atoms with Crippen LogP contribution in [0, 0.1) is 0 Å². The smallest absolute Gasteiger partial charge is 0.0550 e. The monoisotopic (exact) mass is 176 g/mol. The fourth-order valence-corrected chi connectivity index (χ4v) is 1.10. The molecule has 0 aliphatic carbocycles. The summed E-state index contributed by atoms with van der Waals surface area (Å²) in [7, 11) is 0. The Bertz CT molecular complexity index is 202. The summed E-state index contributed by atoms with van der Waals surface area (Å²) >= 11 is 13.9. The van der Waals surface area contributed by atoms with Crippen molar-refractivity contribution < 1.29 is 0 Å². The van der Waals surface area contributed by atoms with E-state index in [-0.39, 0.29) is 0 Å². The van der Waals surface area contributed by atoms with E-state index < -0.39 is 0 Å². The van der Waals surface area contributed by atoms with Crippen molar-refractivity contribution in [2.75, 3.05) is 0 Å². The fourth-order valence-electron chi connectivity index (χ4n) is 0.504. The molecule has 0 aliphatic heterocycles. The minimum Gasteiger partial charge on any atom is -0.142 e. The molecule has 3 heteroatoms. The van der Waals surface area contributed by atoms with Crippen LogP contribution < -0.4 is 0 Å². The van der Waals surface area contributed by atoms with Crippen molar-refractivity contribution in [2.45, 2.75) is 9.79 Å². The average molecular weight is 177 g/mol. The van der Waals surface area contributed by atoms with Crippen molar-refractivity contribution in [1.82, 2.24) is 0 Å². The maximum atomic E-state index is 5.69. The molecule has 0 saturated carbocycles. The van der Waals surface area contributed by atoms with Crippen LogP contribution in [0.1, 0.15) is 0 Å². The minimum atomic E-state index is 0.644. The zero-order valence-corrected chi connectivity index (χ0v) is 7.05. The molecule has 0 heterocycles. The summed E-state index contributed by atoms with van der Waals surface area (Å²) < 4.78 is 0. The average Bonchev–Trinajstić information content (AvgIpc) is 1.83. The highest BCUT2D eigenvalue weighted by Crippen LogP contribution is 2.25. The molecule has 0 bridgehead atoms. The lowest BCUT2D eigenvalue weighted by molar-refractivity contribution is 1.27. The molecule has 1 aromatic rings. The molecule has 1 rings (SSSR count). The van der Waals surface area contributed by atoms with Crippen LogP contribution in [0.15, 0.2) is 28.0 Å². The molecule has 0 N–H and O–H groups in total. The molecule has 48 valence electrons. The van der Waals surface area contributed by atoms with Crippen molar-refractivity contribution in [1.29, 1.82) is 0 Å². The van der Waals surface area contributed by atoms with E-state index in [0.717, 1.165) is 9.79 Å². The first-order valence-electron chi connectivity index (χ1n) is 2.38. The van der Waals surface area contributed by atoms with Gasteiger partial charge >= 0.3 is 0 Å². The molecule has 0 aromatic heterocycles. The second kappa shape index (κ2) is 2.86. The zero-order valence-electron chi connectivity index (χ0n) is 4.50. The Morgan fingerprint density at radius 3 is 2.33 bits per heavy atom. The topological polar surface area (TPSA) is 0 Å². The van der Waals surface area contributed by atoms with Crippen molar-refractivity contribution in [3.8, 4) is 0 Å². The summed E-state index contributed by atoms with van der Waals surface area (Å²) in [6.07, 6.45) is 0. The normalized spacial score (nSPS) is 9.67. The van der Waals surface area contributed by atoms with Gasteiger partial charge in [-0.05, 0) is 12.1 Å². The highest BCUT2D eigenvalue weighted by Gasteiger charge is 1.96. The van der Waals surface area contributed by atoms with Crippen molar-refractivity contribution >= 4 is 36.9 Å². The predicted octanol–water partition coefficient (Wildman–Crippen LogP) is 2.92. The lowest BCUT2D eigenvalue weighted by Gasteiger charge is -1.96. The predicted molar refractivity (Wildman–Crippen MR) is 46.0 cm³/mol. The van der Waals surface area contributed by atoms with Crippen LogP contribution in [-0.4, -0.2) is 0 Å². The van der Waals surface area contributed by atoms with Crippen LogP contribution in [0.4, 0.5) is 0 Å². The third-order valence-corrected chi connectivity index (χ3v) is 2.44. The van der Waals surface area contributed by atoms with Crippen LogP contribution in [0.3, 0.4) is 0 Å². The molecule has 0 radical (unpaired) electrons. The van der Waals surface area contributed by atoms with Crippen LogP contribution in [0.5, 0.6) is 0 Å². The van der Waals surface area contributed by atoms with Gasteiger partial charge in [-0.1, -0.05) is 17.7 Å². The Morgan fingerprint density at radius 1 is 1.22 bits per heavy atom. The van der Waals surface area contributed by atoms with E-state index in [0.29, 0.717) is 5.02 Å². The molecule has 0 unspecified atom stereocenters. The van der Waals surface area contributed by atoms with E-state index in [1.807, 2.05) is 12.1 Å². The molecule has 0 spiro atoms. The zero-order chi connectivity index (χ0) is 6.85. The Labute approximate surface area is 70.0 Å². The van der Waals surface area contributed by atoms with Gasteiger partial charge in [0.25, 0.3) is 0 Å². The number of benzene rings is 1. The van der Waals surface area contributed by atoms with E-state index in [9.17, 15) is 0 Å². The SMILES string of the molecule is Sc1cccc(Cl)c1S. The van der Waals surface area contributed by atoms with E-state index >= 15 is 0 Å². The van der Waals surface area contributed by atoms with E-state index in [1.54, 1.807) is 6.07 Å². The van der Waals surface area contributed by atoms with Gasteiger partial charge in [-0.2, -0.15) is 0 Å². The van der Waals surface area contributed by atoms with Crippen LogP contribution >= 0.6 is 36.9 Å². The maximum absolute atomic E-state index is 5.69. The van der Waals surface area contributed by atoms with Gasteiger partial charge in [-0.15, -0.1) is 25.3 Å². The molecule has 0 aliphatic rings. The van der Waals surface area contributed by atoms with E-state index in [2.05, 4.69) is 25.3 Å². The molecule has 0 saturated heterocycles. The quantitative estimate of drug-likeness (QED) is 0.558. The van der Waals surface area contributed by atoms with Gasteiger partial charge in [-0.25, -0.2) is 0 Å². The number of hydrogen-bond donors (Lipinski definition) is 2.